The molecule has 7 nitrogen and oxygen atoms in total. The first-order chi connectivity index (χ1) is 18.5. The third-order valence-electron chi connectivity index (χ3n) is 6.99. The topological polar surface area (TPSA) is 72.0 Å². The van der Waals surface area contributed by atoms with Gasteiger partial charge in [-0.1, -0.05) is 50.2 Å². The molecule has 2 aromatic carbocycles. The van der Waals surface area contributed by atoms with Gasteiger partial charge in [-0.25, -0.2) is 4.98 Å². The minimum atomic E-state index is -0.149. The molecule has 0 bridgehead atoms. The van der Waals surface area contributed by atoms with Crippen molar-refractivity contribution in [1.29, 1.82) is 0 Å². The average molecular weight is 518 g/mol. The van der Waals surface area contributed by atoms with Crippen LogP contribution in [0.3, 0.4) is 0 Å². The molecule has 0 fully saturated rings. The van der Waals surface area contributed by atoms with Crippen molar-refractivity contribution in [2.75, 3.05) is 40.0 Å². The average Bonchev–Trinajstić information content (AvgIpc) is 2.94. The maximum atomic E-state index is 13.9. The van der Waals surface area contributed by atoms with Crippen LogP contribution in [-0.2, 0) is 4.74 Å². The summed E-state index contributed by atoms with van der Waals surface area (Å²) in [4.78, 5) is 35.9. The first-order valence-corrected chi connectivity index (χ1v) is 13.6. The fourth-order valence-electron chi connectivity index (χ4n) is 5.02. The molecule has 0 N–H and O–H groups in total. The monoisotopic (exact) mass is 517 g/mol. The Morgan fingerprint density at radius 1 is 1.03 bits per heavy atom. The lowest BCUT2D eigenvalue weighted by Gasteiger charge is -2.33. The number of carbonyl (C=O) groups is 2. The van der Waals surface area contributed by atoms with E-state index >= 15 is 0 Å². The smallest absolute Gasteiger partial charge is 0.272 e. The van der Waals surface area contributed by atoms with Gasteiger partial charge in [0.2, 0.25) is 0 Å². The van der Waals surface area contributed by atoms with Crippen LogP contribution in [0.25, 0.3) is 10.9 Å². The van der Waals surface area contributed by atoms with Crippen LogP contribution < -0.4 is 4.74 Å². The third-order valence-corrected chi connectivity index (χ3v) is 6.99. The summed E-state index contributed by atoms with van der Waals surface area (Å²) < 4.78 is 11.6. The van der Waals surface area contributed by atoms with Crippen molar-refractivity contribution >= 4 is 22.7 Å². The van der Waals surface area contributed by atoms with Crippen LogP contribution in [0, 0.1) is 5.92 Å². The molecule has 0 saturated heterocycles. The van der Waals surface area contributed by atoms with E-state index in [4.69, 9.17) is 14.5 Å². The first-order valence-electron chi connectivity index (χ1n) is 13.6. The Kier molecular flexibility index (Phi) is 9.71. The number of pyridine rings is 1. The number of nitrogens with zero attached hydrogens (tertiary/aromatic N) is 3. The highest BCUT2D eigenvalue weighted by Crippen LogP contribution is 2.24. The van der Waals surface area contributed by atoms with Crippen molar-refractivity contribution in [2.24, 2.45) is 5.92 Å². The molecule has 2 amide bonds. The standard InChI is InChI=1S/C31H39N3O4/c1-23(2)21-25-22-38-29-14-8-6-12-26(29)30(35)33(19-20-37-3)17-9-4-10-18-34(25)31(36)28-16-15-24-11-5-7-13-27(24)32-28/h5-8,11-16,23,25H,4,9-10,17-22H2,1-3H3/t25-/m0/s1. The van der Waals surface area contributed by atoms with Gasteiger partial charge in [0.1, 0.15) is 18.1 Å². The Balaban J connectivity index is 1.65. The number of hydrogen-bond acceptors (Lipinski definition) is 5. The second-order valence-electron chi connectivity index (χ2n) is 10.3. The van der Waals surface area contributed by atoms with Crippen LogP contribution in [0.2, 0.25) is 0 Å². The molecule has 7 heteroatoms. The van der Waals surface area contributed by atoms with Crippen LogP contribution in [0.5, 0.6) is 5.75 Å². The maximum absolute atomic E-state index is 13.9. The van der Waals surface area contributed by atoms with Crippen LogP contribution in [0.1, 0.15) is 60.4 Å². The summed E-state index contributed by atoms with van der Waals surface area (Å²) in [6, 6.07) is 18.9. The Morgan fingerprint density at radius 2 is 1.79 bits per heavy atom. The lowest BCUT2D eigenvalue weighted by Crippen LogP contribution is -2.45. The van der Waals surface area contributed by atoms with Crippen molar-refractivity contribution in [3.8, 4) is 5.75 Å². The number of para-hydroxylation sites is 2. The van der Waals surface area contributed by atoms with Crippen LogP contribution in [0.15, 0.2) is 60.7 Å². The first kappa shape index (κ1) is 27.6. The molecule has 1 aromatic heterocycles. The van der Waals surface area contributed by atoms with E-state index in [2.05, 4.69) is 13.8 Å². The molecule has 0 spiro atoms. The molecule has 0 aliphatic carbocycles. The third kappa shape index (κ3) is 6.90. The summed E-state index contributed by atoms with van der Waals surface area (Å²) in [5.41, 5.74) is 1.80. The Bertz CT molecular complexity index is 1230. The zero-order valence-electron chi connectivity index (χ0n) is 22.8. The van der Waals surface area contributed by atoms with E-state index in [9.17, 15) is 9.59 Å². The summed E-state index contributed by atoms with van der Waals surface area (Å²) >= 11 is 0. The number of carbonyl (C=O) groups excluding carboxylic acids is 2. The largest absolute Gasteiger partial charge is 0.491 e. The SMILES string of the molecule is COCCN1CCCCCN(C(=O)c2ccc3ccccc3n2)[C@@H](CC(C)C)COc2ccccc2C1=O. The predicted octanol–water partition coefficient (Wildman–Crippen LogP) is 5.44. The summed E-state index contributed by atoms with van der Waals surface area (Å²) in [5.74, 6) is 0.779. The van der Waals surface area contributed by atoms with Crippen LogP contribution >= 0.6 is 0 Å². The molecule has 1 aliphatic rings. The fourth-order valence-corrected chi connectivity index (χ4v) is 5.02. The van der Waals surface area contributed by atoms with Crippen LogP contribution in [0.4, 0.5) is 0 Å². The summed E-state index contributed by atoms with van der Waals surface area (Å²) in [7, 11) is 1.65. The van der Waals surface area contributed by atoms with E-state index in [1.54, 1.807) is 7.11 Å². The number of benzene rings is 2. The highest BCUT2D eigenvalue weighted by atomic mass is 16.5. The van der Waals surface area contributed by atoms with Crippen molar-refractivity contribution in [1.82, 2.24) is 14.8 Å². The molecule has 38 heavy (non-hydrogen) atoms. The van der Waals surface area contributed by atoms with Gasteiger partial charge in [-0.2, -0.15) is 0 Å². The van der Waals surface area contributed by atoms with Gasteiger partial charge < -0.3 is 19.3 Å². The van der Waals surface area contributed by atoms with E-state index in [1.165, 1.54) is 0 Å². The maximum Gasteiger partial charge on any atom is 0.272 e. The molecular weight excluding hydrogens is 478 g/mol. The molecule has 4 rings (SSSR count). The second kappa shape index (κ2) is 13.4. The van der Waals surface area contributed by atoms with E-state index in [-0.39, 0.29) is 17.9 Å². The Morgan fingerprint density at radius 3 is 2.61 bits per heavy atom. The van der Waals surface area contributed by atoms with Crippen molar-refractivity contribution in [3.63, 3.8) is 0 Å². The highest BCUT2D eigenvalue weighted by Gasteiger charge is 2.28. The number of methoxy groups -OCH3 is 1. The zero-order chi connectivity index (χ0) is 26.9. The van der Waals surface area contributed by atoms with Crippen molar-refractivity contribution in [2.45, 2.75) is 45.6 Å². The molecule has 0 saturated carbocycles. The summed E-state index contributed by atoms with van der Waals surface area (Å²) in [6.45, 7) is 6.87. The van der Waals surface area contributed by atoms with E-state index in [0.29, 0.717) is 55.8 Å². The van der Waals surface area contributed by atoms with Gasteiger partial charge in [0, 0.05) is 32.1 Å². The molecule has 0 radical (unpaired) electrons. The number of aromatic nitrogens is 1. The minimum absolute atomic E-state index is 0.0504. The molecule has 2 heterocycles. The highest BCUT2D eigenvalue weighted by molar-refractivity contribution is 5.97. The van der Waals surface area contributed by atoms with E-state index in [0.717, 1.165) is 36.6 Å². The van der Waals surface area contributed by atoms with Gasteiger partial charge in [-0.05, 0) is 55.9 Å². The lowest BCUT2D eigenvalue weighted by atomic mass is 10.0. The van der Waals surface area contributed by atoms with Crippen LogP contribution in [-0.4, -0.2) is 72.6 Å². The van der Waals surface area contributed by atoms with Gasteiger partial charge in [0.15, 0.2) is 0 Å². The quantitative estimate of drug-likeness (QED) is 0.435. The second-order valence-corrected chi connectivity index (χ2v) is 10.3. The predicted molar refractivity (Wildman–Crippen MR) is 150 cm³/mol. The molecule has 0 unspecified atom stereocenters. The lowest BCUT2D eigenvalue weighted by molar-refractivity contribution is 0.0567. The molecule has 1 atom stereocenters. The van der Waals surface area contributed by atoms with E-state index < -0.39 is 0 Å². The molecule has 3 aromatic rings. The zero-order valence-corrected chi connectivity index (χ0v) is 22.8. The van der Waals surface area contributed by atoms with Gasteiger partial charge in [0.25, 0.3) is 11.8 Å². The molecule has 202 valence electrons. The summed E-state index contributed by atoms with van der Waals surface area (Å²) in [5, 5.41) is 1.01. The normalized spacial score (nSPS) is 17.4. The van der Waals surface area contributed by atoms with Gasteiger partial charge in [-0.15, -0.1) is 0 Å². The fraction of sp³-hybridized carbons (Fsp3) is 0.452. The number of hydrogen-bond donors (Lipinski definition) is 0. The minimum Gasteiger partial charge on any atom is -0.491 e. The Hall–Kier alpha value is -3.45. The number of amides is 2. The molecule has 1 aliphatic heterocycles. The van der Waals surface area contributed by atoms with Crippen molar-refractivity contribution < 1.29 is 19.1 Å². The number of rotatable bonds is 6. The van der Waals surface area contributed by atoms with Gasteiger partial charge in [0.05, 0.1) is 23.7 Å². The van der Waals surface area contributed by atoms with Crippen molar-refractivity contribution in [3.05, 3.63) is 71.9 Å². The van der Waals surface area contributed by atoms with Gasteiger partial charge in [-0.3, -0.25) is 9.59 Å². The Labute approximate surface area is 225 Å². The molecular formula is C31H39N3O4. The number of fused-ring (bicyclic) bond motifs is 2. The van der Waals surface area contributed by atoms with Gasteiger partial charge >= 0.3 is 0 Å². The number of ether oxygens (including phenoxy) is 2. The van der Waals surface area contributed by atoms with E-state index in [1.807, 2.05) is 70.5 Å². The summed E-state index contributed by atoms with van der Waals surface area (Å²) in [6.07, 6.45) is 3.38.